The van der Waals surface area contributed by atoms with Crippen molar-refractivity contribution in [2.45, 2.75) is 6.54 Å². The standard InChI is InChI=1S/C23H24N6O2S/c1-30-20-11-18-19(12-21(20)31-2)26-15-27-22(18)28-7-9-29(10-8-28)23(32)25-14-17-5-3-16(13-24)4-6-17/h3-6,11-12,15H,7-10,14H2,1-2H3,(H,25,32). The smallest absolute Gasteiger partial charge is 0.169 e. The van der Waals surface area contributed by atoms with Crippen LogP contribution in [0.2, 0.25) is 0 Å². The Bertz CT molecular complexity index is 1150. The van der Waals surface area contributed by atoms with Crippen molar-refractivity contribution in [2.75, 3.05) is 45.3 Å². The van der Waals surface area contributed by atoms with Crippen LogP contribution in [-0.4, -0.2) is 60.4 Å². The Morgan fingerprint density at radius 2 is 1.75 bits per heavy atom. The number of ether oxygens (including phenoxy) is 2. The van der Waals surface area contributed by atoms with Crippen molar-refractivity contribution in [1.82, 2.24) is 20.2 Å². The zero-order chi connectivity index (χ0) is 22.5. The van der Waals surface area contributed by atoms with E-state index in [1.54, 1.807) is 20.5 Å². The van der Waals surface area contributed by atoms with E-state index >= 15 is 0 Å². The van der Waals surface area contributed by atoms with Crippen molar-refractivity contribution in [1.29, 1.82) is 5.26 Å². The lowest BCUT2D eigenvalue weighted by molar-refractivity contribution is 0.355. The van der Waals surface area contributed by atoms with Crippen LogP contribution in [0.3, 0.4) is 0 Å². The van der Waals surface area contributed by atoms with Crippen LogP contribution in [0.1, 0.15) is 11.1 Å². The summed E-state index contributed by atoms with van der Waals surface area (Å²) in [5, 5.41) is 13.9. The number of nitriles is 1. The number of hydrogen-bond donors (Lipinski definition) is 1. The van der Waals surface area contributed by atoms with Crippen molar-refractivity contribution < 1.29 is 9.47 Å². The van der Waals surface area contributed by atoms with Crippen molar-refractivity contribution in [3.63, 3.8) is 0 Å². The van der Waals surface area contributed by atoms with Gasteiger partial charge in [-0.05, 0) is 36.0 Å². The Morgan fingerprint density at radius 3 is 2.41 bits per heavy atom. The minimum Gasteiger partial charge on any atom is -0.493 e. The third-order valence-corrected chi connectivity index (χ3v) is 5.92. The van der Waals surface area contributed by atoms with E-state index in [0.717, 1.165) is 53.6 Å². The maximum atomic E-state index is 8.91. The zero-order valence-corrected chi connectivity index (χ0v) is 18.9. The highest BCUT2D eigenvalue weighted by Crippen LogP contribution is 2.34. The van der Waals surface area contributed by atoms with Gasteiger partial charge in [-0.3, -0.25) is 0 Å². The molecule has 0 bridgehead atoms. The van der Waals surface area contributed by atoms with Crippen molar-refractivity contribution >= 4 is 34.1 Å². The van der Waals surface area contributed by atoms with Gasteiger partial charge in [0, 0.05) is 44.2 Å². The third-order valence-electron chi connectivity index (χ3n) is 5.51. The molecular formula is C23H24N6O2S. The predicted octanol–water partition coefficient (Wildman–Crippen LogP) is 2.72. The Balaban J connectivity index is 1.40. The quantitative estimate of drug-likeness (QED) is 0.592. The molecule has 164 valence electrons. The monoisotopic (exact) mass is 448 g/mol. The maximum absolute atomic E-state index is 8.91. The first-order valence-corrected chi connectivity index (χ1v) is 10.7. The summed E-state index contributed by atoms with van der Waals surface area (Å²) in [6, 6.07) is 13.4. The summed E-state index contributed by atoms with van der Waals surface area (Å²) >= 11 is 5.60. The first kappa shape index (κ1) is 21.6. The number of hydrogen-bond acceptors (Lipinski definition) is 7. The van der Waals surface area contributed by atoms with E-state index < -0.39 is 0 Å². The number of nitrogens with zero attached hydrogens (tertiary/aromatic N) is 5. The highest BCUT2D eigenvalue weighted by atomic mass is 32.1. The van der Waals surface area contributed by atoms with Crippen LogP contribution in [-0.2, 0) is 6.54 Å². The number of anilines is 1. The minimum atomic E-state index is 0.628. The molecule has 0 unspecified atom stereocenters. The highest BCUT2D eigenvalue weighted by Gasteiger charge is 2.22. The first-order chi connectivity index (χ1) is 15.6. The van der Waals surface area contributed by atoms with E-state index in [1.165, 1.54) is 0 Å². The first-order valence-electron chi connectivity index (χ1n) is 10.3. The molecule has 0 aliphatic carbocycles. The molecule has 9 heteroatoms. The normalized spacial score (nSPS) is 13.5. The molecule has 0 amide bonds. The molecule has 4 rings (SSSR count). The van der Waals surface area contributed by atoms with E-state index in [0.29, 0.717) is 23.6 Å². The molecule has 0 saturated carbocycles. The largest absolute Gasteiger partial charge is 0.493 e. The summed E-state index contributed by atoms with van der Waals surface area (Å²) < 4.78 is 10.9. The molecule has 0 spiro atoms. The van der Waals surface area contributed by atoms with Crippen LogP contribution in [0, 0.1) is 11.3 Å². The van der Waals surface area contributed by atoms with E-state index in [4.69, 9.17) is 27.0 Å². The Hall–Kier alpha value is -3.64. The number of fused-ring (bicyclic) bond motifs is 1. The number of rotatable bonds is 5. The average Bonchev–Trinajstić information content (AvgIpc) is 2.86. The Kier molecular flexibility index (Phi) is 6.52. The van der Waals surface area contributed by atoms with Crippen LogP contribution < -0.4 is 19.7 Å². The van der Waals surface area contributed by atoms with Crippen LogP contribution in [0.15, 0.2) is 42.7 Å². The molecule has 0 radical (unpaired) electrons. The minimum absolute atomic E-state index is 0.628. The maximum Gasteiger partial charge on any atom is 0.169 e. The molecule has 1 aliphatic heterocycles. The van der Waals surface area contributed by atoms with Gasteiger partial charge < -0.3 is 24.6 Å². The summed E-state index contributed by atoms with van der Waals surface area (Å²) in [5.41, 5.74) is 2.55. The predicted molar refractivity (Wildman–Crippen MR) is 127 cm³/mol. The molecule has 32 heavy (non-hydrogen) atoms. The van der Waals surface area contributed by atoms with Crippen LogP contribution >= 0.6 is 12.2 Å². The van der Waals surface area contributed by atoms with Gasteiger partial charge in [0.2, 0.25) is 0 Å². The van der Waals surface area contributed by atoms with Gasteiger partial charge in [-0.1, -0.05) is 12.1 Å². The fourth-order valence-corrected chi connectivity index (χ4v) is 3.98. The fraction of sp³-hybridized carbons (Fsp3) is 0.304. The second kappa shape index (κ2) is 9.66. The van der Waals surface area contributed by atoms with Gasteiger partial charge in [-0.15, -0.1) is 0 Å². The molecule has 0 atom stereocenters. The van der Waals surface area contributed by atoms with E-state index in [1.807, 2.05) is 36.4 Å². The summed E-state index contributed by atoms with van der Waals surface area (Å²) in [5.74, 6) is 2.18. The number of nitrogens with one attached hydrogen (secondary N) is 1. The lowest BCUT2D eigenvalue weighted by Crippen LogP contribution is -2.51. The lowest BCUT2D eigenvalue weighted by atomic mass is 10.1. The lowest BCUT2D eigenvalue weighted by Gasteiger charge is -2.37. The number of aromatic nitrogens is 2. The molecule has 1 aliphatic rings. The summed E-state index contributed by atoms with van der Waals surface area (Å²) in [4.78, 5) is 13.4. The molecule has 1 aromatic heterocycles. The van der Waals surface area contributed by atoms with Gasteiger partial charge >= 0.3 is 0 Å². The van der Waals surface area contributed by atoms with Gasteiger partial charge in [-0.2, -0.15) is 5.26 Å². The number of piperazine rings is 1. The molecule has 1 N–H and O–H groups in total. The number of methoxy groups -OCH3 is 2. The molecule has 1 saturated heterocycles. The third kappa shape index (κ3) is 4.50. The van der Waals surface area contributed by atoms with Crippen molar-refractivity contribution in [3.05, 3.63) is 53.9 Å². The summed E-state index contributed by atoms with van der Waals surface area (Å²) in [6.45, 7) is 3.79. The van der Waals surface area contributed by atoms with Gasteiger partial charge in [0.25, 0.3) is 0 Å². The zero-order valence-electron chi connectivity index (χ0n) is 18.0. The molecule has 2 aromatic carbocycles. The summed E-state index contributed by atoms with van der Waals surface area (Å²) in [7, 11) is 3.24. The fourth-order valence-electron chi connectivity index (χ4n) is 3.73. The van der Waals surface area contributed by atoms with Crippen LogP contribution in [0.4, 0.5) is 5.82 Å². The molecule has 1 fully saturated rings. The van der Waals surface area contributed by atoms with Crippen LogP contribution in [0.25, 0.3) is 10.9 Å². The molecular weight excluding hydrogens is 424 g/mol. The van der Waals surface area contributed by atoms with Gasteiger partial charge in [-0.25, -0.2) is 9.97 Å². The average molecular weight is 449 g/mol. The van der Waals surface area contributed by atoms with E-state index in [2.05, 4.69) is 31.2 Å². The SMILES string of the molecule is COc1cc2ncnc(N3CCN(C(=S)NCc4ccc(C#N)cc4)CC3)c2cc1OC. The number of thiocarbonyl (C=S) groups is 1. The molecule has 3 aromatic rings. The molecule has 8 nitrogen and oxygen atoms in total. The van der Waals surface area contributed by atoms with E-state index in [-0.39, 0.29) is 0 Å². The van der Waals surface area contributed by atoms with Gasteiger partial charge in [0.15, 0.2) is 16.6 Å². The number of benzene rings is 2. The van der Waals surface area contributed by atoms with Crippen molar-refractivity contribution in [2.24, 2.45) is 0 Å². The Morgan fingerprint density at radius 1 is 1.06 bits per heavy atom. The highest BCUT2D eigenvalue weighted by molar-refractivity contribution is 7.80. The molecule has 2 heterocycles. The topological polar surface area (TPSA) is 86.5 Å². The van der Waals surface area contributed by atoms with Crippen molar-refractivity contribution in [3.8, 4) is 17.6 Å². The van der Waals surface area contributed by atoms with Gasteiger partial charge in [0.1, 0.15) is 12.1 Å². The van der Waals surface area contributed by atoms with Crippen LogP contribution in [0.5, 0.6) is 11.5 Å². The second-order valence-electron chi connectivity index (χ2n) is 7.36. The second-order valence-corrected chi connectivity index (χ2v) is 7.75. The summed E-state index contributed by atoms with van der Waals surface area (Å²) in [6.07, 6.45) is 1.58. The van der Waals surface area contributed by atoms with E-state index in [9.17, 15) is 0 Å². The Labute approximate surface area is 192 Å². The van der Waals surface area contributed by atoms with Gasteiger partial charge in [0.05, 0.1) is 31.4 Å².